The Labute approximate surface area is 115 Å². The Morgan fingerprint density at radius 2 is 1.75 bits per heavy atom. The molecule has 0 saturated carbocycles. The zero-order valence-corrected chi connectivity index (χ0v) is 10.6. The molecule has 4 heteroatoms. The molecule has 0 spiro atoms. The van der Waals surface area contributed by atoms with Gasteiger partial charge in [0.1, 0.15) is 5.75 Å². The number of amides is 1. The molecule has 0 aliphatic carbocycles. The minimum atomic E-state index is -0.483. The maximum atomic E-state index is 11.6. The molecule has 3 aromatic rings. The highest BCUT2D eigenvalue weighted by atomic mass is 16.3. The van der Waals surface area contributed by atoms with E-state index in [9.17, 15) is 9.90 Å². The fraction of sp³-hybridized carbons (Fsp3) is 0. The predicted molar refractivity (Wildman–Crippen MR) is 77.4 cm³/mol. The van der Waals surface area contributed by atoms with Crippen LogP contribution in [0.2, 0.25) is 0 Å². The number of fused-ring (bicyclic) bond motifs is 1. The predicted octanol–water partition coefficient (Wildman–Crippen LogP) is 2.71. The van der Waals surface area contributed by atoms with Crippen molar-refractivity contribution in [3.63, 3.8) is 0 Å². The van der Waals surface area contributed by atoms with Crippen LogP contribution in [-0.4, -0.2) is 16.0 Å². The summed E-state index contributed by atoms with van der Waals surface area (Å²) in [5.41, 5.74) is 8.07. The Morgan fingerprint density at radius 3 is 2.45 bits per heavy atom. The van der Waals surface area contributed by atoms with E-state index in [2.05, 4.69) is 4.98 Å². The number of carbonyl (C=O) groups excluding carboxylic acids is 1. The van der Waals surface area contributed by atoms with Gasteiger partial charge in [0.25, 0.3) is 0 Å². The lowest BCUT2D eigenvalue weighted by Crippen LogP contribution is -2.12. The normalized spacial score (nSPS) is 10.6. The van der Waals surface area contributed by atoms with Crippen LogP contribution in [-0.2, 0) is 0 Å². The lowest BCUT2D eigenvalue weighted by molar-refractivity contribution is 0.100. The highest BCUT2D eigenvalue weighted by Crippen LogP contribution is 2.25. The molecule has 0 unspecified atom stereocenters. The van der Waals surface area contributed by atoms with Gasteiger partial charge in [-0.2, -0.15) is 0 Å². The molecular formula is C16H12N2O2. The number of nitrogens with two attached hydrogens (primary N) is 1. The number of nitrogens with zero attached hydrogens (tertiary/aromatic N) is 1. The second-order valence-electron chi connectivity index (χ2n) is 4.48. The molecule has 1 amide bonds. The van der Waals surface area contributed by atoms with Crippen molar-refractivity contribution in [2.24, 2.45) is 5.73 Å². The van der Waals surface area contributed by atoms with Crippen LogP contribution in [0.25, 0.3) is 22.2 Å². The molecule has 98 valence electrons. The first-order chi connectivity index (χ1) is 9.65. The lowest BCUT2D eigenvalue weighted by atomic mass is 10.0. The van der Waals surface area contributed by atoms with Crippen LogP contribution in [0.1, 0.15) is 10.4 Å². The van der Waals surface area contributed by atoms with E-state index in [4.69, 9.17) is 5.73 Å². The Morgan fingerprint density at radius 1 is 1.05 bits per heavy atom. The summed E-state index contributed by atoms with van der Waals surface area (Å²) in [5, 5.41) is 10.1. The van der Waals surface area contributed by atoms with Crippen LogP contribution in [0.15, 0.2) is 54.6 Å². The Bertz CT molecular complexity index is 795. The molecule has 0 saturated heterocycles. The molecule has 1 aromatic heterocycles. The van der Waals surface area contributed by atoms with Gasteiger partial charge in [-0.3, -0.25) is 4.79 Å². The first kappa shape index (κ1) is 12.2. The van der Waals surface area contributed by atoms with Gasteiger partial charge in [-0.25, -0.2) is 4.98 Å². The van der Waals surface area contributed by atoms with Crippen molar-refractivity contribution in [1.29, 1.82) is 0 Å². The molecule has 0 aliphatic heterocycles. The SMILES string of the molecule is NC(=O)c1cc(-c2ccc(O)cc2)nc2ccccc12. The van der Waals surface area contributed by atoms with Crippen molar-refractivity contribution >= 4 is 16.8 Å². The number of rotatable bonds is 2. The molecule has 3 rings (SSSR count). The van der Waals surface area contributed by atoms with Gasteiger partial charge in [-0.05, 0) is 36.4 Å². The number of primary amides is 1. The average Bonchev–Trinajstić information content (AvgIpc) is 2.46. The van der Waals surface area contributed by atoms with Gasteiger partial charge in [-0.15, -0.1) is 0 Å². The fourth-order valence-corrected chi connectivity index (χ4v) is 2.16. The van der Waals surface area contributed by atoms with Crippen LogP contribution < -0.4 is 5.73 Å². The minimum Gasteiger partial charge on any atom is -0.508 e. The van der Waals surface area contributed by atoms with Gasteiger partial charge in [0.15, 0.2) is 0 Å². The molecule has 1 heterocycles. The maximum Gasteiger partial charge on any atom is 0.249 e. The summed E-state index contributed by atoms with van der Waals surface area (Å²) in [7, 11) is 0. The quantitative estimate of drug-likeness (QED) is 0.747. The Hall–Kier alpha value is -2.88. The van der Waals surface area contributed by atoms with E-state index in [-0.39, 0.29) is 5.75 Å². The van der Waals surface area contributed by atoms with Crippen LogP contribution in [0.5, 0.6) is 5.75 Å². The molecule has 2 aromatic carbocycles. The largest absolute Gasteiger partial charge is 0.508 e. The van der Waals surface area contributed by atoms with Crippen LogP contribution in [0.4, 0.5) is 0 Å². The summed E-state index contributed by atoms with van der Waals surface area (Å²) in [6.45, 7) is 0. The summed E-state index contributed by atoms with van der Waals surface area (Å²) < 4.78 is 0. The van der Waals surface area contributed by atoms with E-state index < -0.39 is 5.91 Å². The maximum absolute atomic E-state index is 11.6. The van der Waals surface area contributed by atoms with Crippen LogP contribution >= 0.6 is 0 Å². The van der Waals surface area contributed by atoms with E-state index in [0.717, 1.165) is 10.9 Å². The third-order valence-electron chi connectivity index (χ3n) is 3.14. The van der Waals surface area contributed by atoms with Crippen molar-refractivity contribution in [3.8, 4) is 17.0 Å². The first-order valence-corrected chi connectivity index (χ1v) is 6.14. The second-order valence-corrected chi connectivity index (χ2v) is 4.48. The van der Waals surface area contributed by atoms with Crippen LogP contribution in [0, 0.1) is 0 Å². The van der Waals surface area contributed by atoms with E-state index in [1.807, 2.05) is 24.3 Å². The Kier molecular flexibility index (Phi) is 2.84. The van der Waals surface area contributed by atoms with Gasteiger partial charge in [-0.1, -0.05) is 18.2 Å². The highest BCUT2D eigenvalue weighted by molar-refractivity contribution is 6.06. The zero-order chi connectivity index (χ0) is 14.1. The minimum absolute atomic E-state index is 0.185. The molecular weight excluding hydrogens is 252 g/mol. The number of hydrogen-bond acceptors (Lipinski definition) is 3. The molecule has 20 heavy (non-hydrogen) atoms. The lowest BCUT2D eigenvalue weighted by Gasteiger charge is -2.07. The van der Waals surface area contributed by atoms with E-state index in [0.29, 0.717) is 16.8 Å². The number of phenolic OH excluding ortho intramolecular Hbond substituents is 1. The molecule has 0 atom stereocenters. The van der Waals surface area contributed by atoms with E-state index in [1.54, 1.807) is 30.3 Å². The third kappa shape index (κ3) is 2.07. The number of para-hydroxylation sites is 1. The molecule has 4 nitrogen and oxygen atoms in total. The van der Waals surface area contributed by atoms with Gasteiger partial charge in [0.2, 0.25) is 5.91 Å². The average molecular weight is 264 g/mol. The summed E-state index contributed by atoms with van der Waals surface area (Å²) in [5.74, 6) is -0.298. The summed E-state index contributed by atoms with van der Waals surface area (Å²) in [6, 6.07) is 15.7. The zero-order valence-electron chi connectivity index (χ0n) is 10.6. The van der Waals surface area contributed by atoms with Crippen molar-refractivity contribution < 1.29 is 9.90 Å². The number of pyridine rings is 1. The summed E-state index contributed by atoms with van der Waals surface area (Å²) in [6.07, 6.45) is 0. The van der Waals surface area contributed by atoms with Gasteiger partial charge in [0, 0.05) is 10.9 Å². The first-order valence-electron chi connectivity index (χ1n) is 6.14. The van der Waals surface area contributed by atoms with Crippen molar-refractivity contribution in [2.75, 3.05) is 0 Å². The highest BCUT2D eigenvalue weighted by Gasteiger charge is 2.11. The smallest absolute Gasteiger partial charge is 0.249 e. The van der Waals surface area contributed by atoms with Gasteiger partial charge in [0.05, 0.1) is 16.8 Å². The summed E-state index contributed by atoms with van der Waals surface area (Å²) in [4.78, 5) is 16.1. The fourth-order valence-electron chi connectivity index (χ4n) is 2.16. The number of hydrogen-bond donors (Lipinski definition) is 2. The van der Waals surface area contributed by atoms with Crippen molar-refractivity contribution in [3.05, 3.63) is 60.2 Å². The Balaban J connectivity index is 2.27. The molecule has 0 radical (unpaired) electrons. The third-order valence-corrected chi connectivity index (χ3v) is 3.14. The number of carbonyl (C=O) groups is 1. The standard InChI is InChI=1S/C16H12N2O2/c17-16(20)13-9-15(10-5-7-11(19)8-6-10)18-14-4-2-1-3-12(13)14/h1-9,19H,(H2,17,20). The molecule has 0 fully saturated rings. The van der Waals surface area contributed by atoms with E-state index >= 15 is 0 Å². The molecule has 0 bridgehead atoms. The summed E-state index contributed by atoms with van der Waals surface area (Å²) >= 11 is 0. The number of phenols is 1. The topological polar surface area (TPSA) is 76.2 Å². The van der Waals surface area contributed by atoms with E-state index in [1.165, 1.54) is 0 Å². The number of aromatic nitrogens is 1. The van der Waals surface area contributed by atoms with Crippen molar-refractivity contribution in [1.82, 2.24) is 4.98 Å². The van der Waals surface area contributed by atoms with Gasteiger partial charge < -0.3 is 10.8 Å². The van der Waals surface area contributed by atoms with Crippen LogP contribution in [0.3, 0.4) is 0 Å². The second kappa shape index (κ2) is 4.66. The molecule has 0 aliphatic rings. The number of benzene rings is 2. The molecule has 3 N–H and O–H groups in total. The monoisotopic (exact) mass is 264 g/mol. The number of aromatic hydroxyl groups is 1. The van der Waals surface area contributed by atoms with Crippen molar-refractivity contribution in [2.45, 2.75) is 0 Å². The van der Waals surface area contributed by atoms with Gasteiger partial charge >= 0.3 is 0 Å².